The van der Waals surface area contributed by atoms with Crippen LogP contribution in [0.5, 0.6) is 0 Å². The molecule has 1 aliphatic heterocycles. The Hall–Kier alpha value is -3.08. The summed E-state index contributed by atoms with van der Waals surface area (Å²) in [6.07, 6.45) is 6.08. The van der Waals surface area contributed by atoms with E-state index >= 15 is 0 Å². The Labute approximate surface area is 166 Å². The predicted octanol–water partition coefficient (Wildman–Crippen LogP) is 4.10. The van der Waals surface area contributed by atoms with Crippen LogP contribution in [0.1, 0.15) is 41.5 Å². The van der Waals surface area contributed by atoms with Gasteiger partial charge < -0.3 is 10.2 Å². The van der Waals surface area contributed by atoms with E-state index in [1.165, 1.54) is 5.56 Å². The maximum absolute atomic E-state index is 13.1. The SMILES string of the molecule is Cn1cc(C2CCCN(C(=O)NC(c3ccccc3)c3ccccc3)C2)cn1. The summed E-state index contributed by atoms with van der Waals surface area (Å²) in [4.78, 5) is 15.1. The van der Waals surface area contributed by atoms with Crippen LogP contribution in [0.2, 0.25) is 0 Å². The Kier molecular flexibility index (Phi) is 5.42. The fraction of sp³-hybridized carbons (Fsp3) is 0.304. The number of carbonyl (C=O) groups is 1. The number of piperidine rings is 1. The standard InChI is InChI=1S/C23H26N4O/c1-26-16-21(15-24-26)20-13-8-14-27(17-20)23(28)25-22(18-9-4-2-5-10-18)19-11-6-3-7-12-19/h2-7,9-12,15-16,20,22H,8,13-14,17H2,1H3,(H,25,28). The molecule has 0 spiro atoms. The summed E-state index contributed by atoms with van der Waals surface area (Å²) in [6.45, 7) is 1.52. The van der Waals surface area contributed by atoms with E-state index in [4.69, 9.17) is 0 Å². The topological polar surface area (TPSA) is 50.2 Å². The third kappa shape index (κ3) is 4.09. The van der Waals surface area contributed by atoms with Crippen molar-refractivity contribution in [3.63, 3.8) is 0 Å². The first kappa shape index (κ1) is 18.3. The van der Waals surface area contributed by atoms with E-state index in [1.807, 2.05) is 59.2 Å². The number of nitrogens with zero attached hydrogens (tertiary/aromatic N) is 3. The highest BCUT2D eigenvalue weighted by Gasteiger charge is 2.27. The number of carbonyl (C=O) groups excluding carboxylic acids is 1. The number of benzene rings is 2. The van der Waals surface area contributed by atoms with Gasteiger partial charge in [-0.1, -0.05) is 60.7 Å². The van der Waals surface area contributed by atoms with Crippen LogP contribution in [0, 0.1) is 0 Å². The molecule has 1 atom stereocenters. The van der Waals surface area contributed by atoms with Gasteiger partial charge in [0.2, 0.25) is 0 Å². The fourth-order valence-electron chi connectivity index (χ4n) is 3.95. The molecule has 1 aliphatic rings. The summed E-state index contributed by atoms with van der Waals surface area (Å²) in [5.74, 6) is 0.347. The summed E-state index contributed by atoms with van der Waals surface area (Å²) >= 11 is 0. The van der Waals surface area contributed by atoms with Crippen molar-refractivity contribution in [1.29, 1.82) is 0 Å². The molecule has 2 aromatic carbocycles. The Bertz CT molecular complexity index is 867. The fourth-order valence-corrected chi connectivity index (χ4v) is 3.95. The average molecular weight is 374 g/mol. The normalized spacial score (nSPS) is 16.9. The Morgan fingerprint density at radius 2 is 1.71 bits per heavy atom. The van der Waals surface area contributed by atoms with E-state index in [0.717, 1.165) is 37.1 Å². The largest absolute Gasteiger partial charge is 0.327 e. The molecule has 1 unspecified atom stereocenters. The molecule has 5 nitrogen and oxygen atoms in total. The van der Waals surface area contributed by atoms with Crippen LogP contribution < -0.4 is 5.32 Å². The Balaban J connectivity index is 1.51. The number of likely N-dealkylation sites (tertiary alicyclic amines) is 1. The highest BCUT2D eigenvalue weighted by Crippen LogP contribution is 2.27. The number of nitrogens with one attached hydrogen (secondary N) is 1. The highest BCUT2D eigenvalue weighted by atomic mass is 16.2. The van der Waals surface area contributed by atoms with Gasteiger partial charge >= 0.3 is 6.03 Å². The average Bonchev–Trinajstić information content (AvgIpc) is 3.19. The van der Waals surface area contributed by atoms with E-state index in [0.29, 0.717) is 5.92 Å². The first-order valence-electron chi connectivity index (χ1n) is 9.84. The zero-order chi connectivity index (χ0) is 19.3. The van der Waals surface area contributed by atoms with Gasteiger partial charge in [0.15, 0.2) is 0 Å². The van der Waals surface area contributed by atoms with Crippen LogP contribution in [0.3, 0.4) is 0 Å². The number of hydrogen-bond donors (Lipinski definition) is 1. The lowest BCUT2D eigenvalue weighted by Gasteiger charge is -2.34. The molecular formula is C23H26N4O. The number of aryl methyl sites for hydroxylation is 1. The molecule has 0 radical (unpaired) electrons. The summed E-state index contributed by atoms with van der Waals surface area (Å²) < 4.78 is 1.83. The first-order chi connectivity index (χ1) is 13.7. The second-order valence-corrected chi connectivity index (χ2v) is 7.44. The van der Waals surface area contributed by atoms with Crippen molar-refractivity contribution in [1.82, 2.24) is 20.0 Å². The third-order valence-corrected chi connectivity index (χ3v) is 5.44. The lowest BCUT2D eigenvalue weighted by atomic mass is 9.93. The molecule has 0 bridgehead atoms. The van der Waals surface area contributed by atoms with E-state index in [-0.39, 0.29) is 12.1 Å². The second-order valence-electron chi connectivity index (χ2n) is 7.44. The van der Waals surface area contributed by atoms with Crippen molar-refractivity contribution >= 4 is 6.03 Å². The summed E-state index contributed by atoms with van der Waals surface area (Å²) in [5, 5.41) is 7.55. The van der Waals surface area contributed by atoms with Gasteiger partial charge in [0.05, 0.1) is 12.2 Å². The molecule has 144 valence electrons. The minimum atomic E-state index is -0.159. The molecule has 0 aliphatic carbocycles. The van der Waals surface area contributed by atoms with Gasteiger partial charge in [-0.3, -0.25) is 4.68 Å². The van der Waals surface area contributed by atoms with E-state index in [2.05, 4.69) is 40.9 Å². The number of urea groups is 1. The Morgan fingerprint density at radius 3 is 2.29 bits per heavy atom. The molecule has 28 heavy (non-hydrogen) atoms. The third-order valence-electron chi connectivity index (χ3n) is 5.44. The molecule has 1 fully saturated rings. The molecule has 2 amide bonds. The minimum Gasteiger partial charge on any atom is -0.327 e. The molecule has 1 aromatic heterocycles. The maximum atomic E-state index is 13.1. The van der Waals surface area contributed by atoms with Gasteiger partial charge in [0, 0.05) is 32.3 Å². The summed E-state index contributed by atoms with van der Waals surface area (Å²) in [6, 6.07) is 20.1. The molecule has 4 rings (SSSR count). The minimum absolute atomic E-state index is 0.00806. The number of hydrogen-bond acceptors (Lipinski definition) is 2. The van der Waals surface area contributed by atoms with Crippen LogP contribution in [-0.4, -0.2) is 33.8 Å². The zero-order valence-electron chi connectivity index (χ0n) is 16.2. The van der Waals surface area contributed by atoms with Crippen molar-refractivity contribution in [2.75, 3.05) is 13.1 Å². The van der Waals surface area contributed by atoms with Crippen molar-refractivity contribution in [3.8, 4) is 0 Å². The van der Waals surface area contributed by atoms with E-state index < -0.39 is 0 Å². The summed E-state index contributed by atoms with van der Waals surface area (Å²) in [5.41, 5.74) is 3.38. The van der Waals surface area contributed by atoms with Crippen LogP contribution in [0.15, 0.2) is 73.1 Å². The van der Waals surface area contributed by atoms with Gasteiger partial charge in [-0.25, -0.2) is 4.79 Å². The van der Waals surface area contributed by atoms with Gasteiger partial charge in [0.25, 0.3) is 0 Å². The van der Waals surface area contributed by atoms with Gasteiger partial charge in [-0.05, 0) is 29.5 Å². The lowest BCUT2D eigenvalue weighted by Crippen LogP contribution is -2.46. The van der Waals surface area contributed by atoms with Crippen LogP contribution in [-0.2, 0) is 7.05 Å². The first-order valence-corrected chi connectivity index (χ1v) is 9.84. The van der Waals surface area contributed by atoms with Crippen molar-refractivity contribution < 1.29 is 4.79 Å². The van der Waals surface area contributed by atoms with Crippen LogP contribution in [0.4, 0.5) is 4.79 Å². The molecule has 1 N–H and O–H groups in total. The number of aromatic nitrogens is 2. The lowest BCUT2D eigenvalue weighted by molar-refractivity contribution is 0.177. The second kappa shape index (κ2) is 8.30. The van der Waals surface area contributed by atoms with E-state index in [1.54, 1.807) is 0 Å². The number of amides is 2. The number of rotatable bonds is 4. The molecule has 5 heteroatoms. The van der Waals surface area contributed by atoms with E-state index in [9.17, 15) is 4.79 Å². The zero-order valence-corrected chi connectivity index (χ0v) is 16.2. The van der Waals surface area contributed by atoms with Crippen LogP contribution >= 0.6 is 0 Å². The monoisotopic (exact) mass is 374 g/mol. The van der Waals surface area contributed by atoms with Crippen molar-refractivity contribution in [2.24, 2.45) is 7.05 Å². The molecular weight excluding hydrogens is 348 g/mol. The van der Waals surface area contributed by atoms with Gasteiger partial charge in [-0.2, -0.15) is 5.10 Å². The predicted molar refractivity (Wildman–Crippen MR) is 110 cm³/mol. The Morgan fingerprint density at radius 1 is 1.07 bits per heavy atom. The smallest absolute Gasteiger partial charge is 0.318 e. The van der Waals surface area contributed by atoms with Crippen LogP contribution in [0.25, 0.3) is 0 Å². The molecule has 2 heterocycles. The quantitative estimate of drug-likeness (QED) is 0.747. The van der Waals surface area contributed by atoms with Crippen molar-refractivity contribution in [2.45, 2.75) is 24.8 Å². The summed E-state index contributed by atoms with van der Waals surface area (Å²) in [7, 11) is 1.93. The van der Waals surface area contributed by atoms with Crippen molar-refractivity contribution in [3.05, 3.63) is 89.7 Å². The molecule has 1 saturated heterocycles. The van der Waals surface area contributed by atoms with Gasteiger partial charge in [0.1, 0.15) is 0 Å². The highest BCUT2D eigenvalue weighted by molar-refractivity contribution is 5.75. The van der Waals surface area contributed by atoms with Gasteiger partial charge in [-0.15, -0.1) is 0 Å². The maximum Gasteiger partial charge on any atom is 0.318 e. The molecule has 0 saturated carbocycles. The molecule has 3 aromatic rings.